The van der Waals surface area contributed by atoms with Crippen molar-refractivity contribution in [2.45, 2.75) is 26.0 Å². The molecule has 1 N–H and O–H groups in total. The molecule has 0 aliphatic carbocycles. The predicted molar refractivity (Wildman–Crippen MR) is 167 cm³/mol. The third-order valence-corrected chi connectivity index (χ3v) is 8.17. The second kappa shape index (κ2) is 13.5. The Morgan fingerprint density at radius 1 is 1.10 bits per heavy atom. The van der Waals surface area contributed by atoms with Crippen molar-refractivity contribution in [2.75, 3.05) is 30.9 Å². The third kappa shape index (κ3) is 7.15. The Balaban J connectivity index is 1.36. The molecular weight excluding hydrogens is 575 g/mol. The number of aromatic nitrogens is 2. The van der Waals surface area contributed by atoms with Gasteiger partial charge in [-0.25, -0.2) is 14.4 Å². The van der Waals surface area contributed by atoms with E-state index >= 15 is 0 Å². The fourth-order valence-corrected chi connectivity index (χ4v) is 5.48. The van der Waals surface area contributed by atoms with Crippen LogP contribution in [0.4, 0.5) is 15.9 Å². The van der Waals surface area contributed by atoms with E-state index in [1.807, 2.05) is 43.4 Å². The number of nitrogens with one attached hydrogen (secondary N) is 1. The maximum Gasteiger partial charge on any atom is 0.141 e. The van der Waals surface area contributed by atoms with Gasteiger partial charge in [-0.3, -0.25) is 9.11 Å². The standard InChI is InChI=1S/C32H32ClFN4O3S/c1-4-38(2)28(14-15-42(3)39)31-13-12-29(41-31)22-8-10-27-25(17-22)32(36-20-35-27)37-24-9-11-30(26(33)18-24)40-19-21-6-5-7-23(34)16-21/h5-13,16-18,20,28H,4,14-15,19H2,1-3H3,(H,35,36,37). The molecule has 0 radical (unpaired) electrons. The number of anilines is 2. The Morgan fingerprint density at radius 2 is 1.95 bits per heavy atom. The molecule has 2 unspecified atom stereocenters. The second-order valence-corrected chi connectivity index (χ2v) is 12.0. The van der Waals surface area contributed by atoms with Crippen LogP contribution in [0.3, 0.4) is 0 Å². The lowest BCUT2D eigenvalue weighted by atomic mass is 10.1. The van der Waals surface area contributed by atoms with E-state index in [-0.39, 0.29) is 18.5 Å². The highest BCUT2D eigenvalue weighted by molar-refractivity contribution is 7.84. The number of benzene rings is 3. The molecule has 7 nitrogen and oxygen atoms in total. The summed E-state index contributed by atoms with van der Waals surface area (Å²) in [5, 5.41) is 4.57. The molecule has 218 valence electrons. The van der Waals surface area contributed by atoms with Crippen molar-refractivity contribution in [1.29, 1.82) is 0 Å². The van der Waals surface area contributed by atoms with Crippen LogP contribution in [-0.2, 0) is 17.4 Å². The molecule has 10 heteroatoms. The zero-order chi connectivity index (χ0) is 29.6. The highest BCUT2D eigenvalue weighted by Crippen LogP contribution is 2.34. The summed E-state index contributed by atoms with van der Waals surface area (Å²) in [5.74, 6) is 2.98. The molecule has 0 spiro atoms. The molecule has 0 aliphatic heterocycles. The van der Waals surface area contributed by atoms with Crippen LogP contribution in [0.1, 0.15) is 30.7 Å². The van der Waals surface area contributed by atoms with E-state index in [0.29, 0.717) is 27.9 Å². The average Bonchev–Trinajstić information content (AvgIpc) is 3.46. The van der Waals surface area contributed by atoms with Crippen LogP contribution >= 0.6 is 11.6 Å². The van der Waals surface area contributed by atoms with Crippen molar-refractivity contribution in [3.63, 3.8) is 0 Å². The van der Waals surface area contributed by atoms with Gasteiger partial charge in [0.25, 0.3) is 0 Å². The Morgan fingerprint density at radius 3 is 2.71 bits per heavy atom. The van der Waals surface area contributed by atoms with Crippen LogP contribution in [-0.4, -0.2) is 44.7 Å². The van der Waals surface area contributed by atoms with Gasteiger partial charge in [0, 0.05) is 39.4 Å². The van der Waals surface area contributed by atoms with Gasteiger partial charge in [-0.1, -0.05) is 30.7 Å². The number of hydrogen-bond donors (Lipinski definition) is 1. The summed E-state index contributed by atoms with van der Waals surface area (Å²) in [6.45, 7) is 3.15. The van der Waals surface area contributed by atoms with Gasteiger partial charge in [-0.15, -0.1) is 0 Å². The molecule has 0 amide bonds. The topological polar surface area (TPSA) is 80.5 Å². The van der Waals surface area contributed by atoms with Gasteiger partial charge in [0.05, 0.1) is 16.6 Å². The summed E-state index contributed by atoms with van der Waals surface area (Å²) in [6, 6.07) is 21.5. The van der Waals surface area contributed by atoms with Crippen LogP contribution in [0.25, 0.3) is 22.2 Å². The Hall–Kier alpha value is -3.79. The first-order chi connectivity index (χ1) is 20.3. The SMILES string of the molecule is CCN(C)C(CCS(C)=O)c1ccc(-c2ccc3ncnc(Nc4ccc(OCc5cccc(F)c5)c(Cl)c4)c3c2)o1. The van der Waals surface area contributed by atoms with E-state index in [1.165, 1.54) is 18.5 Å². The molecule has 0 fully saturated rings. The van der Waals surface area contributed by atoms with E-state index < -0.39 is 10.8 Å². The van der Waals surface area contributed by atoms with Crippen LogP contribution in [0.15, 0.2) is 83.5 Å². The first kappa shape index (κ1) is 29.7. The van der Waals surface area contributed by atoms with E-state index in [4.69, 9.17) is 20.8 Å². The number of ether oxygens (including phenoxy) is 1. The molecule has 2 aromatic heterocycles. The monoisotopic (exact) mass is 606 g/mol. The van der Waals surface area contributed by atoms with Crippen molar-refractivity contribution in [1.82, 2.24) is 14.9 Å². The Bertz CT molecular complexity index is 1710. The van der Waals surface area contributed by atoms with Gasteiger partial charge in [0.15, 0.2) is 0 Å². The second-order valence-electron chi connectivity index (χ2n) is 10.0. The van der Waals surface area contributed by atoms with Crippen molar-refractivity contribution in [2.24, 2.45) is 0 Å². The smallest absolute Gasteiger partial charge is 0.141 e. The molecule has 0 saturated carbocycles. The zero-order valence-electron chi connectivity index (χ0n) is 23.6. The number of hydrogen-bond acceptors (Lipinski definition) is 7. The van der Waals surface area contributed by atoms with E-state index in [2.05, 4.69) is 27.1 Å². The normalized spacial score (nSPS) is 12.9. The number of furan rings is 1. The van der Waals surface area contributed by atoms with Gasteiger partial charge in [-0.2, -0.15) is 0 Å². The minimum Gasteiger partial charge on any atom is -0.487 e. The van der Waals surface area contributed by atoms with Crippen molar-refractivity contribution in [3.05, 3.63) is 101 Å². The first-order valence-electron chi connectivity index (χ1n) is 13.6. The molecule has 2 heterocycles. The summed E-state index contributed by atoms with van der Waals surface area (Å²) < 4.78 is 37.4. The van der Waals surface area contributed by atoms with E-state index in [9.17, 15) is 8.60 Å². The van der Waals surface area contributed by atoms with Crippen molar-refractivity contribution >= 4 is 44.8 Å². The first-order valence-corrected chi connectivity index (χ1v) is 15.7. The maximum absolute atomic E-state index is 13.5. The molecule has 0 saturated heterocycles. The largest absolute Gasteiger partial charge is 0.487 e. The number of halogens is 2. The van der Waals surface area contributed by atoms with Crippen molar-refractivity contribution < 1.29 is 17.8 Å². The van der Waals surface area contributed by atoms with Crippen LogP contribution in [0.5, 0.6) is 5.75 Å². The zero-order valence-corrected chi connectivity index (χ0v) is 25.2. The van der Waals surface area contributed by atoms with Gasteiger partial charge in [0.2, 0.25) is 0 Å². The lowest BCUT2D eigenvalue weighted by molar-refractivity contribution is 0.222. The maximum atomic E-state index is 13.5. The molecule has 0 bridgehead atoms. The number of fused-ring (bicyclic) bond motifs is 1. The van der Waals surface area contributed by atoms with Gasteiger partial charge in [-0.05, 0) is 86.2 Å². The predicted octanol–water partition coefficient (Wildman–Crippen LogP) is 7.77. The van der Waals surface area contributed by atoms with Crippen LogP contribution < -0.4 is 10.1 Å². The molecular formula is C32H32ClFN4O3S. The van der Waals surface area contributed by atoms with E-state index in [1.54, 1.807) is 30.5 Å². The van der Waals surface area contributed by atoms with E-state index in [0.717, 1.165) is 46.6 Å². The van der Waals surface area contributed by atoms with Gasteiger partial charge in [0.1, 0.15) is 41.8 Å². The summed E-state index contributed by atoms with van der Waals surface area (Å²) in [7, 11) is 1.17. The Labute approximate surface area is 252 Å². The number of nitrogens with zero attached hydrogens (tertiary/aromatic N) is 3. The lowest BCUT2D eigenvalue weighted by Crippen LogP contribution is -2.25. The van der Waals surface area contributed by atoms with Crippen LogP contribution in [0.2, 0.25) is 5.02 Å². The minimum absolute atomic E-state index is 0.0410. The molecule has 5 rings (SSSR count). The van der Waals surface area contributed by atoms with Gasteiger partial charge < -0.3 is 14.5 Å². The highest BCUT2D eigenvalue weighted by Gasteiger charge is 2.21. The molecule has 0 aliphatic rings. The van der Waals surface area contributed by atoms with Crippen molar-refractivity contribution in [3.8, 4) is 17.1 Å². The summed E-state index contributed by atoms with van der Waals surface area (Å²) in [4.78, 5) is 11.1. The lowest BCUT2D eigenvalue weighted by Gasteiger charge is -2.24. The fourth-order valence-electron chi connectivity index (χ4n) is 4.69. The average molecular weight is 607 g/mol. The molecule has 5 aromatic rings. The molecule has 2 atom stereocenters. The summed E-state index contributed by atoms with van der Waals surface area (Å²) in [5.41, 5.74) is 3.11. The summed E-state index contributed by atoms with van der Waals surface area (Å²) >= 11 is 6.51. The van der Waals surface area contributed by atoms with Gasteiger partial charge >= 0.3 is 0 Å². The number of rotatable bonds is 12. The highest BCUT2D eigenvalue weighted by atomic mass is 35.5. The minimum atomic E-state index is -0.873. The molecule has 42 heavy (non-hydrogen) atoms. The third-order valence-electron chi connectivity index (χ3n) is 7.06. The fraction of sp³-hybridized carbons (Fsp3) is 0.250. The molecule has 3 aromatic carbocycles. The summed E-state index contributed by atoms with van der Waals surface area (Å²) in [6.07, 6.45) is 3.98. The quantitative estimate of drug-likeness (QED) is 0.155. The van der Waals surface area contributed by atoms with Crippen LogP contribution in [0, 0.1) is 5.82 Å². The Kier molecular flexibility index (Phi) is 9.51.